The molecule has 22 heavy (non-hydrogen) atoms. The highest BCUT2D eigenvalue weighted by molar-refractivity contribution is 5.76. The summed E-state index contributed by atoms with van der Waals surface area (Å²) in [6.07, 6.45) is 0.632. The molecule has 0 radical (unpaired) electrons. The van der Waals surface area contributed by atoms with E-state index in [1.807, 2.05) is 11.0 Å². The van der Waals surface area contributed by atoms with E-state index in [1.165, 1.54) is 5.56 Å². The van der Waals surface area contributed by atoms with Crippen LogP contribution in [0.5, 0.6) is 0 Å². The molecular weight excluding hydrogens is 274 g/mol. The molecule has 0 unspecified atom stereocenters. The van der Waals surface area contributed by atoms with E-state index in [1.54, 1.807) is 0 Å². The van der Waals surface area contributed by atoms with Crippen molar-refractivity contribution in [3.05, 3.63) is 35.9 Å². The Bertz CT molecular complexity index is 441. The monoisotopic (exact) mass is 303 g/mol. The second kappa shape index (κ2) is 8.91. The van der Waals surface area contributed by atoms with Crippen LogP contribution < -0.4 is 0 Å². The maximum Gasteiger partial charge on any atom is 0.223 e. The predicted molar refractivity (Wildman–Crippen MR) is 90.7 cm³/mol. The molecule has 1 saturated heterocycles. The maximum atomic E-state index is 12.3. The molecule has 1 amide bonds. The van der Waals surface area contributed by atoms with Crippen LogP contribution in [0.3, 0.4) is 0 Å². The van der Waals surface area contributed by atoms with Gasteiger partial charge in [-0.3, -0.25) is 9.69 Å². The predicted octanol–water partition coefficient (Wildman–Crippen LogP) is 2.06. The first-order valence-corrected chi connectivity index (χ1v) is 8.49. The molecule has 0 bridgehead atoms. The first-order chi connectivity index (χ1) is 10.7. The third kappa shape index (κ3) is 5.11. The van der Waals surface area contributed by atoms with Crippen molar-refractivity contribution in [2.24, 2.45) is 0 Å². The number of nitrogens with zero attached hydrogens (tertiary/aromatic N) is 3. The lowest BCUT2D eigenvalue weighted by Crippen LogP contribution is -2.49. The van der Waals surface area contributed by atoms with Gasteiger partial charge in [-0.25, -0.2) is 0 Å². The Morgan fingerprint density at radius 2 is 1.77 bits per heavy atom. The van der Waals surface area contributed by atoms with Crippen LogP contribution in [0.15, 0.2) is 30.3 Å². The molecule has 0 aromatic heterocycles. The molecule has 1 aromatic carbocycles. The highest BCUT2D eigenvalue weighted by Gasteiger charge is 2.20. The van der Waals surface area contributed by atoms with E-state index in [-0.39, 0.29) is 0 Å². The van der Waals surface area contributed by atoms with Crippen molar-refractivity contribution in [3.8, 4) is 0 Å². The van der Waals surface area contributed by atoms with E-state index in [9.17, 15) is 4.79 Å². The van der Waals surface area contributed by atoms with Gasteiger partial charge in [0, 0.05) is 45.7 Å². The fourth-order valence-electron chi connectivity index (χ4n) is 2.92. The zero-order chi connectivity index (χ0) is 15.8. The SMILES string of the molecule is CCN1CCN(C(=O)CCN(CC)Cc2ccccc2)CC1. The molecular formula is C18H29N3O. The maximum absolute atomic E-state index is 12.3. The van der Waals surface area contributed by atoms with Crippen LogP contribution in [0.1, 0.15) is 25.8 Å². The number of piperazine rings is 1. The zero-order valence-corrected chi connectivity index (χ0v) is 14.0. The fraction of sp³-hybridized carbons (Fsp3) is 0.611. The summed E-state index contributed by atoms with van der Waals surface area (Å²) in [4.78, 5) is 19.1. The third-order valence-electron chi connectivity index (χ3n) is 4.51. The zero-order valence-electron chi connectivity index (χ0n) is 14.0. The van der Waals surface area contributed by atoms with Gasteiger partial charge in [0.2, 0.25) is 5.91 Å². The fourth-order valence-corrected chi connectivity index (χ4v) is 2.92. The first-order valence-electron chi connectivity index (χ1n) is 8.49. The molecule has 2 rings (SSSR count). The van der Waals surface area contributed by atoms with Gasteiger partial charge >= 0.3 is 0 Å². The average Bonchev–Trinajstić information content (AvgIpc) is 2.59. The Morgan fingerprint density at radius 1 is 1.09 bits per heavy atom. The summed E-state index contributed by atoms with van der Waals surface area (Å²) in [5, 5.41) is 0. The summed E-state index contributed by atoms with van der Waals surface area (Å²) < 4.78 is 0. The van der Waals surface area contributed by atoms with Crippen molar-refractivity contribution in [1.82, 2.24) is 14.7 Å². The van der Waals surface area contributed by atoms with Gasteiger partial charge in [0.1, 0.15) is 0 Å². The Morgan fingerprint density at radius 3 is 2.36 bits per heavy atom. The van der Waals surface area contributed by atoms with E-state index in [4.69, 9.17) is 0 Å². The van der Waals surface area contributed by atoms with E-state index in [0.29, 0.717) is 12.3 Å². The topological polar surface area (TPSA) is 26.8 Å². The van der Waals surface area contributed by atoms with Gasteiger partial charge in [0.05, 0.1) is 0 Å². The van der Waals surface area contributed by atoms with Crippen molar-refractivity contribution in [3.63, 3.8) is 0 Å². The summed E-state index contributed by atoms with van der Waals surface area (Å²) in [6.45, 7) is 12.0. The van der Waals surface area contributed by atoms with Crippen molar-refractivity contribution in [2.45, 2.75) is 26.8 Å². The lowest BCUT2D eigenvalue weighted by Gasteiger charge is -2.34. The molecule has 0 aliphatic carbocycles. The van der Waals surface area contributed by atoms with Crippen LogP contribution in [0.4, 0.5) is 0 Å². The van der Waals surface area contributed by atoms with Gasteiger partial charge in [-0.1, -0.05) is 44.2 Å². The molecule has 0 spiro atoms. The van der Waals surface area contributed by atoms with Gasteiger partial charge in [-0.2, -0.15) is 0 Å². The summed E-state index contributed by atoms with van der Waals surface area (Å²) >= 11 is 0. The minimum atomic E-state index is 0.308. The molecule has 1 aliphatic rings. The summed E-state index contributed by atoms with van der Waals surface area (Å²) in [5.74, 6) is 0.308. The quantitative estimate of drug-likeness (QED) is 0.771. The molecule has 1 aromatic rings. The van der Waals surface area contributed by atoms with Crippen LogP contribution in [0.25, 0.3) is 0 Å². The minimum Gasteiger partial charge on any atom is -0.340 e. The van der Waals surface area contributed by atoms with E-state index in [2.05, 4.69) is 47.9 Å². The second-order valence-corrected chi connectivity index (χ2v) is 5.92. The van der Waals surface area contributed by atoms with Gasteiger partial charge in [0.25, 0.3) is 0 Å². The molecule has 0 saturated carbocycles. The number of hydrogen-bond acceptors (Lipinski definition) is 3. The average molecular weight is 303 g/mol. The number of likely N-dealkylation sites (N-methyl/N-ethyl adjacent to an activating group) is 1. The molecule has 0 N–H and O–H groups in total. The molecule has 4 nitrogen and oxygen atoms in total. The molecule has 1 fully saturated rings. The lowest BCUT2D eigenvalue weighted by molar-refractivity contribution is -0.133. The number of benzene rings is 1. The Hall–Kier alpha value is -1.39. The number of carbonyl (C=O) groups is 1. The second-order valence-electron chi connectivity index (χ2n) is 5.92. The molecule has 0 atom stereocenters. The Kier molecular flexibility index (Phi) is 6.87. The van der Waals surface area contributed by atoms with Crippen molar-refractivity contribution in [2.75, 3.05) is 45.8 Å². The highest BCUT2D eigenvalue weighted by Crippen LogP contribution is 2.07. The number of hydrogen-bond donors (Lipinski definition) is 0. The third-order valence-corrected chi connectivity index (χ3v) is 4.51. The molecule has 122 valence electrons. The van der Waals surface area contributed by atoms with Crippen LogP contribution >= 0.6 is 0 Å². The smallest absolute Gasteiger partial charge is 0.223 e. The highest BCUT2D eigenvalue weighted by atomic mass is 16.2. The first kappa shape index (κ1) is 17.0. The van der Waals surface area contributed by atoms with Crippen LogP contribution in [0.2, 0.25) is 0 Å². The Labute approximate surface area is 134 Å². The van der Waals surface area contributed by atoms with Crippen LogP contribution in [-0.4, -0.2) is 66.4 Å². The van der Waals surface area contributed by atoms with Gasteiger partial charge in [-0.15, -0.1) is 0 Å². The van der Waals surface area contributed by atoms with Crippen molar-refractivity contribution < 1.29 is 4.79 Å². The van der Waals surface area contributed by atoms with Gasteiger partial charge < -0.3 is 9.80 Å². The van der Waals surface area contributed by atoms with E-state index < -0.39 is 0 Å². The number of carbonyl (C=O) groups excluding carboxylic acids is 1. The van der Waals surface area contributed by atoms with Crippen LogP contribution in [0, 0.1) is 0 Å². The normalized spacial score (nSPS) is 16.2. The summed E-state index contributed by atoms with van der Waals surface area (Å²) in [7, 11) is 0. The van der Waals surface area contributed by atoms with Crippen LogP contribution in [-0.2, 0) is 11.3 Å². The summed E-state index contributed by atoms with van der Waals surface area (Å²) in [6, 6.07) is 10.5. The standard InChI is InChI=1S/C18H29N3O/c1-3-19-12-14-21(15-13-19)18(22)10-11-20(4-2)16-17-8-6-5-7-9-17/h5-9H,3-4,10-16H2,1-2H3. The Balaban J connectivity index is 1.74. The largest absolute Gasteiger partial charge is 0.340 e. The van der Waals surface area contributed by atoms with Gasteiger partial charge in [-0.05, 0) is 18.7 Å². The molecule has 1 aliphatic heterocycles. The number of rotatable bonds is 7. The minimum absolute atomic E-state index is 0.308. The summed E-state index contributed by atoms with van der Waals surface area (Å²) in [5.41, 5.74) is 1.31. The number of amides is 1. The lowest BCUT2D eigenvalue weighted by atomic mass is 10.2. The molecule has 4 heteroatoms. The van der Waals surface area contributed by atoms with Crippen molar-refractivity contribution >= 4 is 5.91 Å². The van der Waals surface area contributed by atoms with Crippen molar-refractivity contribution in [1.29, 1.82) is 0 Å². The van der Waals surface area contributed by atoms with E-state index in [0.717, 1.165) is 52.4 Å². The van der Waals surface area contributed by atoms with E-state index >= 15 is 0 Å². The molecule has 1 heterocycles. The van der Waals surface area contributed by atoms with Gasteiger partial charge in [0.15, 0.2) is 0 Å².